The maximum Gasteiger partial charge on any atom is 0.150 e. The second-order valence-corrected chi connectivity index (χ2v) is 4.55. The van der Waals surface area contributed by atoms with Crippen LogP contribution in [0.5, 0.6) is 5.75 Å². The van der Waals surface area contributed by atoms with Gasteiger partial charge in [0.2, 0.25) is 0 Å². The van der Waals surface area contributed by atoms with Crippen molar-refractivity contribution in [1.29, 1.82) is 0 Å². The van der Waals surface area contributed by atoms with E-state index in [1.165, 1.54) is 0 Å². The van der Waals surface area contributed by atoms with Crippen LogP contribution in [0.2, 0.25) is 0 Å². The number of ether oxygens (including phenoxy) is 1. The zero-order valence-corrected chi connectivity index (χ0v) is 9.56. The summed E-state index contributed by atoms with van der Waals surface area (Å²) >= 11 is 0. The van der Waals surface area contributed by atoms with Crippen LogP contribution in [0.25, 0.3) is 0 Å². The number of carbonyl (C=O) groups excluding carboxylic acids is 1. The van der Waals surface area contributed by atoms with E-state index in [0.717, 1.165) is 23.1 Å². The molecule has 0 radical (unpaired) electrons. The van der Waals surface area contributed by atoms with E-state index in [1.54, 1.807) is 12.1 Å². The lowest BCUT2D eigenvalue weighted by atomic mass is 10.2. The maximum atomic E-state index is 10.4. The number of rotatable bonds is 5. The summed E-state index contributed by atoms with van der Waals surface area (Å²) in [5.41, 5.74) is 0.675. The SMILES string of the molecule is C[N+](C)(C)CCOc1ccc(C=O)cc1. The first-order chi connectivity index (χ1) is 7.01. The van der Waals surface area contributed by atoms with E-state index in [1.807, 2.05) is 12.1 Å². The van der Waals surface area contributed by atoms with Gasteiger partial charge in [0.25, 0.3) is 0 Å². The Morgan fingerprint density at radius 2 is 1.80 bits per heavy atom. The maximum absolute atomic E-state index is 10.4. The number of carbonyl (C=O) groups is 1. The molecule has 0 fully saturated rings. The van der Waals surface area contributed by atoms with Crippen molar-refractivity contribution in [2.75, 3.05) is 34.3 Å². The van der Waals surface area contributed by atoms with Gasteiger partial charge in [-0.25, -0.2) is 0 Å². The van der Waals surface area contributed by atoms with Crippen LogP contribution in [-0.4, -0.2) is 45.1 Å². The number of hydrogen-bond acceptors (Lipinski definition) is 2. The first-order valence-corrected chi connectivity index (χ1v) is 5.00. The number of likely N-dealkylation sites (N-methyl/N-ethyl adjacent to an activating group) is 1. The van der Waals surface area contributed by atoms with Crippen molar-refractivity contribution in [1.82, 2.24) is 0 Å². The van der Waals surface area contributed by atoms with E-state index in [-0.39, 0.29) is 0 Å². The number of hydrogen-bond donors (Lipinski definition) is 0. The van der Waals surface area contributed by atoms with Crippen LogP contribution >= 0.6 is 0 Å². The fourth-order valence-corrected chi connectivity index (χ4v) is 1.08. The molecule has 0 aromatic heterocycles. The minimum atomic E-state index is 0.675. The summed E-state index contributed by atoms with van der Waals surface area (Å²) in [7, 11) is 6.37. The van der Waals surface area contributed by atoms with Crippen molar-refractivity contribution in [2.45, 2.75) is 0 Å². The first kappa shape index (κ1) is 11.7. The summed E-state index contributed by atoms with van der Waals surface area (Å²) < 4.78 is 6.43. The zero-order valence-electron chi connectivity index (χ0n) is 9.56. The van der Waals surface area contributed by atoms with Gasteiger partial charge in [0, 0.05) is 5.56 Å². The van der Waals surface area contributed by atoms with Crippen LogP contribution in [0.3, 0.4) is 0 Å². The Bertz CT molecular complexity index is 311. The molecule has 0 aliphatic heterocycles. The molecule has 1 aromatic carbocycles. The Balaban J connectivity index is 2.41. The standard InChI is InChI=1S/C12H18NO2/c1-13(2,3)8-9-15-12-6-4-11(10-14)5-7-12/h4-7,10H,8-9H2,1-3H3/q+1. The van der Waals surface area contributed by atoms with Crippen molar-refractivity contribution < 1.29 is 14.0 Å². The van der Waals surface area contributed by atoms with Crippen LogP contribution in [0.1, 0.15) is 10.4 Å². The van der Waals surface area contributed by atoms with Gasteiger partial charge in [0.1, 0.15) is 25.2 Å². The summed E-state index contributed by atoms with van der Waals surface area (Å²) in [5.74, 6) is 0.814. The molecule has 0 bridgehead atoms. The molecule has 0 aliphatic carbocycles. The highest BCUT2D eigenvalue weighted by atomic mass is 16.5. The van der Waals surface area contributed by atoms with Gasteiger partial charge in [-0.15, -0.1) is 0 Å². The van der Waals surface area contributed by atoms with Gasteiger partial charge < -0.3 is 9.22 Å². The van der Waals surface area contributed by atoms with Crippen LogP contribution in [-0.2, 0) is 0 Å². The third kappa shape index (κ3) is 4.61. The molecule has 0 saturated carbocycles. The van der Waals surface area contributed by atoms with Crippen LogP contribution < -0.4 is 4.74 Å². The van der Waals surface area contributed by atoms with Crippen molar-refractivity contribution in [3.8, 4) is 5.75 Å². The summed E-state index contributed by atoms with van der Waals surface area (Å²) in [5, 5.41) is 0. The Morgan fingerprint density at radius 1 is 1.20 bits per heavy atom. The Kier molecular flexibility index (Phi) is 3.86. The summed E-state index contributed by atoms with van der Waals surface area (Å²) in [4.78, 5) is 10.4. The number of aldehydes is 1. The minimum Gasteiger partial charge on any atom is -0.488 e. The second kappa shape index (κ2) is 4.94. The monoisotopic (exact) mass is 208 g/mol. The Labute approximate surface area is 90.9 Å². The Hall–Kier alpha value is -1.35. The van der Waals surface area contributed by atoms with Crippen LogP contribution in [0.15, 0.2) is 24.3 Å². The molecular weight excluding hydrogens is 190 g/mol. The molecule has 3 nitrogen and oxygen atoms in total. The average Bonchev–Trinajstić information content (AvgIpc) is 2.17. The van der Waals surface area contributed by atoms with Gasteiger partial charge in [-0.1, -0.05) is 0 Å². The normalized spacial score (nSPS) is 11.1. The number of quaternary nitrogens is 1. The lowest BCUT2D eigenvalue weighted by Crippen LogP contribution is -2.38. The first-order valence-electron chi connectivity index (χ1n) is 5.00. The number of benzene rings is 1. The van der Waals surface area contributed by atoms with Gasteiger partial charge in [0.15, 0.2) is 0 Å². The van der Waals surface area contributed by atoms with Gasteiger partial charge >= 0.3 is 0 Å². The largest absolute Gasteiger partial charge is 0.488 e. The fourth-order valence-electron chi connectivity index (χ4n) is 1.08. The molecule has 3 heteroatoms. The topological polar surface area (TPSA) is 26.3 Å². The van der Waals surface area contributed by atoms with Crippen LogP contribution in [0, 0.1) is 0 Å². The summed E-state index contributed by atoms with van der Waals surface area (Å²) in [6.07, 6.45) is 0.829. The van der Waals surface area contributed by atoms with E-state index in [2.05, 4.69) is 21.1 Å². The van der Waals surface area contributed by atoms with Crippen molar-refractivity contribution in [2.24, 2.45) is 0 Å². The van der Waals surface area contributed by atoms with Crippen LogP contribution in [0.4, 0.5) is 0 Å². The molecule has 0 saturated heterocycles. The zero-order chi connectivity index (χ0) is 11.3. The van der Waals surface area contributed by atoms with Gasteiger partial charge in [-0.3, -0.25) is 4.79 Å². The lowest BCUT2D eigenvalue weighted by molar-refractivity contribution is -0.870. The molecule has 82 valence electrons. The number of nitrogens with zero attached hydrogens (tertiary/aromatic N) is 1. The molecule has 1 aromatic rings. The smallest absolute Gasteiger partial charge is 0.150 e. The third-order valence-corrected chi connectivity index (χ3v) is 2.05. The molecule has 0 amide bonds. The predicted octanol–water partition coefficient (Wildman–Crippen LogP) is 1.58. The molecule has 0 N–H and O–H groups in total. The fraction of sp³-hybridized carbons (Fsp3) is 0.417. The Morgan fingerprint density at radius 3 is 2.27 bits per heavy atom. The van der Waals surface area contributed by atoms with Crippen molar-refractivity contribution >= 4 is 6.29 Å². The third-order valence-electron chi connectivity index (χ3n) is 2.05. The molecule has 15 heavy (non-hydrogen) atoms. The quantitative estimate of drug-likeness (QED) is 0.542. The van der Waals surface area contributed by atoms with E-state index < -0.39 is 0 Å². The minimum absolute atomic E-state index is 0.675. The van der Waals surface area contributed by atoms with Gasteiger partial charge in [-0.05, 0) is 24.3 Å². The van der Waals surface area contributed by atoms with E-state index in [4.69, 9.17) is 4.74 Å². The molecule has 0 spiro atoms. The molecule has 0 aliphatic rings. The van der Waals surface area contributed by atoms with Gasteiger partial charge in [0.05, 0.1) is 21.1 Å². The predicted molar refractivity (Wildman–Crippen MR) is 60.2 cm³/mol. The highest BCUT2D eigenvalue weighted by Gasteiger charge is 2.06. The molecule has 0 atom stereocenters. The lowest BCUT2D eigenvalue weighted by Gasteiger charge is -2.23. The molecule has 0 heterocycles. The van der Waals surface area contributed by atoms with E-state index in [0.29, 0.717) is 12.2 Å². The van der Waals surface area contributed by atoms with Gasteiger partial charge in [-0.2, -0.15) is 0 Å². The average molecular weight is 208 g/mol. The van der Waals surface area contributed by atoms with E-state index in [9.17, 15) is 4.79 Å². The van der Waals surface area contributed by atoms with E-state index >= 15 is 0 Å². The summed E-state index contributed by atoms with van der Waals surface area (Å²) in [6, 6.07) is 7.15. The van der Waals surface area contributed by atoms with Crippen molar-refractivity contribution in [3.05, 3.63) is 29.8 Å². The molecule has 1 rings (SSSR count). The highest BCUT2D eigenvalue weighted by Crippen LogP contribution is 2.10. The van der Waals surface area contributed by atoms with Crippen molar-refractivity contribution in [3.63, 3.8) is 0 Å². The second-order valence-electron chi connectivity index (χ2n) is 4.55. The summed E-state index contributed by atoms with van der Waals surface area (Å²) in [6.45, 7) is 1.64. The molecular formula is C12H18NO2+. The highest BCUT2D eigenvalue weighted by molar-refractivity contribution is 5.74. The molecule has 0 unspecified atom stereocenters.